The van der Waals surface area contributed by atoms with Crippen molar-refractivity contribution < 1.29 is 41.4 Å². The Balaban J connectivity index is 1.07. The van der Waals surface area contributed by atoms with Crippen LogP contribution in [0.3, 0.4) is 0 Å². The lowest BCUT2D eigenvalue weighted by molar-refractivity contribution is -0.163. The zero-order valence-electron chi connectivity index (χ0n) is 29.7. The number of amides is 1. The van der Waals surface area contributed by atoms with Crippen LogP contribution in [0.5, 0.6) is 5.75 Å². The topological polar surface area (TPSA) is 124 Å². The number of hydrogen-bond acceptors (Lipinski definition) is 6. The van der Waals surface area contributed by atoms with E-state index in [9.17, 15) is 36.6 Å². The first-order chi connectivity index (χ1) is 25.7. The van der Waals surface area contributed by atoms with Crippen molar-refractivity contribution in [3.63, 3.8) is 0 Å². The first kappa shape index (κ1) is 35.2. The molecular weight excluding hydrogens is 711 g/mol. The number of aliphatic carboxylic acids is 1. The Bertz CT molecular complexity index is 2120. The van der Waals surface area contributed by atoms with E-state index < -0.39 is 40.8 Å². The molecule has 3 heterocycles. The first-order valence-corrected chi connectivity index (χ1v) is 18.9. The number of aromatic nitrogens is 5. The van der Waals surface area contributed by atoms with Gasteiger partial charge in [0.25, 0.3) is 5.91 Å². The molecule has 0 saturated heterocycles. The standard InChI is InChI=1S/C39H41F5N6O4/c1-49-18-22-15-26(3-5-31(22)48-49)54-27-2-4-28-30(19-50(32(28)16-27)25-6-8-37(40,41)9-7-25)34-45-17-29(33(46-34)39(42,43)44)35(51)47-38(36(52)53)23-11-20-10-21(13-23)14-24(38)12-20/h2,4,16-21,23-26H,3,5-15H2,1H3,(H,47,51)(H,52,53). The van der Waals surface area contributed by atoms with Gasteiger partial charge in [0, 0.05) is 68.0 Å². The number of nitrogens with one attached hydrogen (secondary N) is 1. The highest BCUT2D eigenvalue weighted by atomic mass is 19.4. The average molecular weight is 753 g/mol. The van der Waals surface area contributed by atoms with Crippen molar-refractivity contribution in [3.05, 3.63) is 59.3 Å². The molecule has 0 spiro atoms. The third-order valence-corrected chi connectivity index (χ3v) is 13.0. The summed E-state index contributed by atoms with van der Waals surface area (Å²) in [4.78, 5) is 34.8. The summed E-state index contributed by atoms with van der Waals surface area (Å²) in [5.74, 6) is -4.95. The summed E-state index contributed by atoms with van der Waals surface area (Å²) in [6.07, 6.45) is 4.52. The van der Waals surface area contributed by atoms with Crippen LogP contribution in [0.1, 0.15) is 97.6 Å². The molecule has 286 valence electrons. The van der Waals surface area contributed by atoms with Crippen molar-refractivity contribution in [2.45, 2.75) is 107 Å². The Labute approximate surface area is 307 Å². The van der Waals surface area contributed by atoms with E-state index in [1.54, 1.807) is 29.1 Å². The first-order valence-electron chi connectivity index (χ1n) is 18.9. The lowest BCUT2D eigenvalue weighted by atomic mass is 9.48. The van der Waals surface area contributed by atoms with Crippen molar-refractivity contribution in [1.82, 2.24) is 29.6 Å². The molecule has 3 aromatic heterocycles. The predicted molar refractivity (Wildman–Crippen MR) is 185 cm³/mol. The lowest BCUT2D eigenvalue weighted by Gasteiger charge is -2.59. The highest BCUT2D eigenvalue weighted by Crippen LogP contribution is 2.58. The van der Waals surface area contributed by atoms with Crippen LogP contribution < -0.4 is 10.1 Å². The molecule has 1 unspecified atom stereocenters. The molecule has 6 aliphatic carbocycles. The van der Waals surface area contributed by atoms with Crippen LogP contribution in [-0.4, -0.2) is 58.9 Å². The van der Waals surface area contributed by atoms with Gasteiger partial charge in [-0.2, -0.15) is 18.3 Å². The maximum Gasteiger partial charge on any atom is 0.434 e. The number of fused-ring (bicyclic) bond motifs is 2. The summed E-state index contributed by atoms with van der Waals surface area (Å²) >= 11 is 0. The quantitative estimate of drug-likeness (QED) is 0.187. The van der Waals surface area contributed by atoms with Crippen LogP contribution in [0.2, 0.25) is 0 Å². The van der Waals surface area contributed by atoms with E-state index in [-0.39, 0.29) is 61.1 Å². The number of carboxylic acid groups (broad SMARTS) is 1. The van der Waals surface area contributed by atoms with Gasteiger partial charge in [-0.25, -0.2) is 23.5 Å². The van der Waals surface area contributed by atoms with E-state index in [0.29, 0.717) is 60.6 Å². The molecular formula is C39H41F5N6O4. The second-order valence-electron chi connectivity index (χ2n) is 16.4. The summed E-state index contributed by atoms with van der Waals surface area (Å²) < 4.78 is 82.9. The molecule has 5 saturated carbocycles. The molecule has 0 aliphatic heterocycles. The molecule has 4 bridgehead atoms. The summed E-state index contributed by atoms with van der Waals surface area (Å²) in [7, 11) is 1.87. The van der Waals surface area contributed by atoms with E-state index in [1.807, 2.05) is 17.8 Å². The van der Waals surface area contributed by atoms with Crippen LogP contribution in [0.4, 0.5) is 22.0 Å². The predicted octanol–water partition coefficient (Wildman–Crippen LogP) is 7.55. The number of carboxylic acids is 1. The minimum atomic E-state index is -5.08. The summed E-state index contributed by atoms with van der Waals surface area (Å²) in [6.45, 7) is 0. The van der Waals surface area contributed by atoms with Crippen molar-refractivity contribution in [1.29, 1.82) is 0 Å². The summed E-state index contributed by atoms with van der Waals surface area (Å²) in [6, 6.07) is 4.87. The second-order valence-corrected chi connectivity index (χ2v) is 16.4. The van der Waals surface area contributed by atoms with Gasteiger partial charge in [-0.3, -0.25) is 9.48 Å². The SMILES string of the molecule is Cn1cc2c(n1)CCC(Oc1ccc3c(-c4ncc(C(=O)NC5(C(=O)O)C6CC7CC(C6)CC5C7)c(C(F)(F)F)n4)cn(C4CCC(F)(F)CC4)c3c1)C2. The maximum absolute atomic E-state index is 14.8. The molecule has 10 nitrogen and oxygen atoms in total. The Kier molecular flexibility index (Phi) is 8.13. The molecule has 10 rings (SSSR count). The van der Waals surface area contributed by atoms with E-state index in [4.69, 9.17) is 4.74 Å². The van der Waals surface area contributed by atoms with Gasteiger partial charge >= 0.3 is 12.1 Å². The molecule has 5 fully saturated rings. The van der Waals surface area contributed by atoms with Crippen molar-refractivity contribution in [3.8, 4) is 17.1 Å². The molecule has 54 heavy (non-hydrogen) atoms. The Morgan fingerprint density at radius 1 is 1.00 bits per heavy atom. The Morgan fingerprint density at radius 3 is 2.37 bits per heavy atom. The molecule has 4 aromatic rings. The van der Waals surface area contributed by atoms with Gasteiger partial charge in [-0.15, -0.1) is 0 Å². The number of carbonyl (C=O) groups is 2. The monoisotopic (exact) mass is 752 g/mol. The van der Waals surface area contributed by atoms with E-state index >= 15 is 0 Å². The van der Waals surface area contributed by atoms with Crippen LogP contribution in [0.15, 0.2) is 36.8 Å². The zero-order valence-corrected chi connectivity index (χ0v) is 29.7. The Hall–Kier alpha value is -4.56. The number of alkyl halides is 5. The van der Waals surface area contributed by atoms with Gasteiger partial charge in [0.05, 0.1) is 16.8 Å². The van der Waals surface area contributed by atoms with Crippen molar-refractivity contribution in [2.75, 3.05) is 0 Å². The number of ether oxygens (including phenoxy) is 1. The minimum absolute atomic E-state index is 0.133. The molecule has 1 atom stereocenters. The van der Waals surface area contributed by atoms with Crippen LogP contribution >= 0.6 is 0 Å². The third kappa shape index (κ3) is 5.92. The average Bonchev–Trinajstić information content (AvgIpc) is 3.68. The molecule has 6 aliphatic rings. The fourth-order valence-electron chi connectivity index (χ4n) is 10.7. The van der Waals surface area contributed by atoms with Gasteiger partial charge in [0.1, 0.15) is 17.4 Å². The zero-order chi connectivity index (χ0) is 37.7. The van der Waals surface area contributed by atoms with Gasteiger partial charge < -0.3 is 19.7 Å². The molecule has 0 radical (unpaired) electrons. The number of rotatable bonds is 7. The van der Waals surface area contributed by atoms with Crippen LogP contribution in [0, 0.1) is 23.7 Å². The van der Waals surface area contributed by atoms with Gasteiger partial charge in [0.2, 0.25) is 5.92 Å². The van der Waals surface area contributed by atoms with E-state index in [1.165, 1.54) is 0 Å². The third-order valence-electron chi connectivity index (χ3n) is 13.0. The number of carbonyl (C=O) groups excluding carboxylic acids is 1. The number of nitrogens with zero attached hydrogens (tertiary/aromatic N) is 5. The Morgan fingerprint density at radius 2 is 1.70 bits per heavy atom. The number of halogens is 5. The van der Waals surface area contributed by atoms with Crippen LogP contribution in [0.25, 0.3) is 22.3 Å². The number of hydrogen-bond donors (Lipinski definition) is 2. The van der Waals surface area contributed by atoms with Gasteiger partial charge in [-0.1, -0.05) is 0 Å². The largest absolute Gasteiger partial charge is 0.490 e. The number of benzene rings is 1. The normalized spacial score (nSPS) is 29.0. The highest BCUT2D eigenvalue weighted by molar-refractivity contribution is 6.00. The smallest absolute Gasteiger partial charge is 0.434 e. The van der Waals surface area contributed by atoms with E-state index in [2.05, 4.69) is 20.4 Å². The molecule has 1 aromatic carbocycles. The van der Waals surface area contributed by atoms with Crippen molar-refractivity contribution in [2.24, 2.45) is 30.7 Å². The molecule has 15 heteroatoms. The number of aryl methyl sites for hydroxylation is 2. The molecule has 2 N–H and O–H groups in total. The molecule has 1 amide bonds. The summed E-state index contributed by atoms with van der Waals surface area (Å²) in [5.41, 5.74) is -1.01. The van der Waals surface area contributed by atoms with Gasteiger partial charge in [0.15, 0.2) is 11.5 Å². The van der Waals surface area contributed by atoms with E-state index in [0.717, 1.165) is 36.7 Å². The maximum atomic E-state index is 14.8. The summed E-state index contributed by atoms with van der Waals surface area (Å²) in [5, 5.41) is 18.1. The highest BCUT2D eigenvalue weighted by Gasteiger charge is 2.62. The fraction of sp³-hybridized carbons (Fsp3) is 0.564. The van der Waals surface area contributed by atoms with Crippen molar-refractivity contribution >= 4 is 22.8 Å². The lowest BCUT2D eigenvalue weighted by Crippen LogP contribution is -2.70. The van der Waals surface area contributed by atoms with Gasteiger partial charge in [-0.05, 0) is 99.2 Å². The van der Waals surface area contributed by atoms with Crippen LogP contribution in [-0.2, 0) is 30.9 Å². The second kappa shape index (κ2) is 12.5. The minimum Gasteiger partial charge on any atom is -0.490 e. The fourth-order valence-corrected chi connectivity index (χ4v) is 10.7.